The van der Waals surface area contributed by atoms with Gasteiger partial charge >= 0.3 is 0 Å². The molecule has 1 amide bonds. The Morgan fingerprint density at radius 1 is 1.26 bits per heavy atom. The number of amides is 1. The highest BCUT2D eigenvalue weighted by atomic mass is 32.2. The molecule has 0 saturated heterocycles. The van der Waals surface area contributed by atoms with Crippen molar-refractivity contribution in [3.63, 3.8) is 0 Å². The Bertz CT molecular complexity index is 1040. The van der Waals surface area contributed by atoms with Crippen molar-refractivity contribution >= 4 is 35.1 Å². The van der Waals surface area contributed by atoms with Gasteiger partial charge in [0.05, 0.1) is 6.54 Å². The summed E-state index contributed by atoms with van der Waals surface area (Å²) in [6.07, 6.45) is 9.87. The number of hydrogen-bond acceptors (Lipinski definition) is 7. The number of aromatic nitrogens is 2. The van der Waals surface area contributed by atoms with E-state index in [1.807, 2.05) is 62.7 Å². The summed E-state index contributed by atoms with van der Waals surface area (Å²) in [5.41, 5.74) is 13.2. The Morgan fingerprint density at radius 3 is 2.54 bits per heavy atom. The zero-order valence-corrected chi connectivity index (χ0v) is 22.2. The summed E-state index contributed by atoms with van der Waals surface area (Å²) in [4.78, 5) is 27.1. The molecule has 1 unspecified atom stereocenters. The number of benzene rings is 1. The van der Waals surface area contributed by atoms with Crippen molar-refractivity contribution in [2.24, 2.45) is 28.7 Å². The number of hydrogen-bond donors (Lipinski definition) is 4. The molecule has 0 aliphatic rings. The van der Waals surface area contributed by atoms with Gasteiger partial charge in [-0.25, -0.2) is 10.4 Å². The van der Waals surface area contributed by atoms with Crippen LogP contribution in [0.25, 0.3) is 0 Å². The molecule has 10 heteroatoms. The first kappa shape index (κ1) is 29.9. The summed E-state index contributed by atoms with van der Waals surface area (Å²) >= 11 is 1.51. The van der Waals surface area contributed by atoms with Gasteiger partial charge in [0.15, 0.2) is 0 Å². The normalized spacial score (nSPS) is 12.5. The van der Waals surface area contributed by atoms with Crippen LogP contribution >= 0.6 is 11.8 Å². The molecule has 5 N–H and O–H groups in total. The third-order valence-electron chi connectivity index (χ3n) is 4.74. The topological polar surface area (TPSA) is 122 Å². The van der Waals surface area contributed by atoms with Crippen LogP contribution in [-0.4, -0.2) is 40.9 Å². The fourth-order valence-electron chi connectivity index (χ4n) is 2.95. The van der Waals surface area contributed by atoms with Gasteiger partial charge < -0.3 is 16.5 Å². The molecule has 1 aromatic heterocycles. The molecule has 9 nitrogen and oxygen atoms in total. The Balaban J connectivity index is 0.00000298. The number of aliphatic imine (C=N–C) groups is 1. The summed E-state index contributed by atoms with van der Waals surface area (Å²) in [5.74, 6) is 1.28. The van der Waals surface area contributed by atoms with E-state index >= 15 is 0 Å². The third kappa shape index (κ3) is 10.3. The number of anilines is 1. The lowest BCUT2D eigenvalue weighted by Gasteiger charge is -2.12. The molecule has 0 saturated carbocycles. The maximum atomic E-state index is 12.3. The number of nitrogens with two attached hydrogens (primary N) is 1. The molecule has 1 heterocycles. The van der Waals surface area contributed by atoms with Gasteiger partial charge in [0.1, 0.15) is 16.3 Å². The third-order valence-corrected chi connectivity index (χ3v) is 5.66. The lowest BCUT2D eigenvalue weighted by Crippen LogP contribution is -2.35. The molecule has 0 aliphatic heterocycles. The summed E-state index contributed by atoms with van der Waals surface area (Å²) in [6, 6.07) is 9.68. The maximum absolute atomic E-state index is 12.3. The van der Waals surface area contributed by atoms with Crippen molar-refractivity contribution in [3.05, 3.63) is 35.8 Å². The Hall–Kier alpha value is -3.13. The first-order valence-corrected chi connectivity index (χ1v) is 12.4. The number of nitrogens with zero attached hydrogens (tertiary/aromatic N) is 4. The predicted octanol–water partition coefficient (Wildman–Crippen LogP) is 3.22. The SMILES string of the molecule is C#C.CCCC(C)C(=O)Nc1ccc(Sc2cc(=NCCN)n(C)c(/N=C(\C)NNCC)n2)cc1. The molecule has 1 atom stereocenters. The lowest BCUT2D eigenvalue weighted by atomic mass is 10.1. The van der Waals surface area contributed by atoms with Gasteiger partial charge in [-0.2, -0.15) is 4.99 Å². The number of amidine groups is 1. The van der Waals surface area contributed by atoms with Crippen LogP contribution in [0.15, 0.2) is 50.2 Å². The van der Waals surface area contributed by atoms with Crippen LogP contribution in [0.1, 0.15) is 40.5 Å². The lowest BCUT2D eigenvalue weighted by molar-refractivity contribution is -0.119. The van der Waals surface area contributed by atoms with Gasteiger partial charge in [-0.1, -0.05) is 39.0 Å². The van der Waals surface area contributed by atoms with Gasteiger partial charge in [-0.3, -0.25) is 14.4 Å². The number of carbonyl (C=O) groups is 1. The summed E-state index contributed by atoms with van der Waals surface area (Å²) < 4.78 is 1.84. The Kier molecular flexibility index (Phi) is 14.1. The Labute approximate surface area is 213 Å². The van der Waals surface area contributed by atoms with Crippen LogP contribution in [-0.2, 0) is 11.8 Å². The summed E-state index contributed by atoms with van der Waals surface area (Å²) in [6.45, 7) is 9.66. The van der Waals surface area contributed by atoms with Gasteiger partial charge in [0.2, 0.25) is 11.9 Å². The number of carbonyl (C=O) groups excluding carboxylic acids is 1. The number of hydrazine groups is 1. The van der Waals surface area contributed by atoms with E-state index in [-0.39, 0.29) is 11.8 Å². The second-order valence-corrected chi connectivity index (χ2v) is 8.73. The van der Waals surface area contributed by atoms with Crippen molar-refractivity contribution in [1.82, 2.24) is 20.4 Å². The molecule has 190 valence electrons. The van der Waals surface area contributed by atoms with E-state index in [4.69, 9.17) is 10.7 Å². The minimum Gasteiger partial charge on any atom is -0.329 e. The Morgan fingerprint density at radius 2 is 1.94 bits per heavy atom. The average molecular weight is 499 g/mol. The first-order chi connectivity index (χ1) is 16.9. The fourth-order valence-corrected chi connectivity index (χ4v) is 3.75. The second kappa shape index (κ2) is 16.5. The summed E-state index contributed by atoms with van der Waals surface area (Å²) in [7, 11) is 1.88. The quantitative estimate of drug-likeness (QED) is 0.124. The van der Waals surface area contributed by atoms with Crippen molar-refractivity contribution in [2.75, 3.05) is 25.0 Å². The maximum Gasteiger partial charge on any atom is 0.233 e. The smallest absolute Gasteiger partial charge is 0.233 e. The molecule has 2 rings (SSSR count). The molecule has 0 fully saturated rings. The van der Waals surface area contributed by atoms with Crippen LogP contribution in [0, 0.1) is 18.8 Å². The predicted molar refractivity (Wildman–Crippen MR) is 145 cm³/mol. The molecule has 0 bridgehead atoms. The van der Waals surface area contributed by atoms with Crippen LogP contribution < -0.4 is 27.4 Å². The van der Waals surface area contributed by atoms with Crippen LogP contribution in [0.2, 0.25) is 0 Å². The van der Waals surface area contributed by atoms with Crippen molar-refractivity contribution in [1.29, 1.82) is 0 Å². The van der Waals surface area contributed by atoms with Crippen molar-refractivity contribution in [3.8, 4) is 12.8 Å². The van der Waals surface area contributed by atoms with Crippen LogP contribution in [0.4, 0.5) is 11.6 Å². The zero-order valence-electron chi connectivity index (χ0n) is 21.3. The standard InChI is InChI=1S/C23H36N8OS.C2H2/c1-6-8-16(3)22(32)28-18-9-11-19(12-10-18)33-21-15-20(25-14-13-24)31(5)23(29-21)27-17(4)30-26-7-2;1-2/h9-12,15-16,26H,6-8,13-14,24H2,1-5H3,(H,28,32)(H,27,29,30);1-2H. The number of nitrogens with one attached hydrogen (secondary N) is 3. The van der Waals surface area contributed by atoms with Crippen molar-refractivity contribution in [2.45, 2.75) is 50.5 Å². The molecular formula is C25H38N8OS. The molecular weight excluding hydrogens is 460 g/mol. The molecule has 1 aromatic carbocycles. The van der Waals surface area contributed by atoms with Gasteiger partial charge in [0, 0.05) is 42.7 Å². The highest BCUT2D eigenvalue weighted by molar-refractivity contribution is 7.99. The van der Waals surface area contributed by atoms with E-state index in [9.17, 15) is 4.79 Å². The number of terminal acetylenes is 1. The van der Waals surface area contributed by atoms with E-state index in [2.05, 4.69) is 45.9 Å². The molecule has 0 spiro atoms. The second-order valence-electron chi connectivity index (χ2n) is 7.64. The molecule has 0 aliphatic carbocycles. The zero-order chi connectivity index (χ0) is 26.2. The van der Waals surface area contributed by atoms with Gasteiger partial charge in [-0.15, -0.1) is 12.8 Å². The van der Waals surface area contributed by atoms with Gasteiger partial charge in [-0.05, 0) is 37.6 Å². The fraction of sp³-hybridized carbons (Fsp3) is 0.440. The van der Waals surface area contributed by atoms with E-state index in [1.54, 1.807) is 0 Å². The molecule has 35 heavy (non-hydrogen) atoms. The molecule has 0 radical (unpaired) electrons. The van der Waals surface area contributed by atoms with Crippen molar-refractivity contribution < 1.29 is 4.79 Å². The summed E-state index contributed by atoms with van der Waals surface area (Å²) in [5, 5.41) is 3.75. The minimum absolute atomic E-state index is 0.00144. The van der Waals surface area contributed by atoms with Crippen LogP contribution in [0.5, 0.6) is 0 Å². The minimum atomic E-state index is -0.00144. The van der Waals surface area contributed by atoms with Gasteiger partial charge in [0.25, 0.3) is 0 Å². The largest absolute Gasteiger partial charge is 0.329 e. The average Bonchev–Trinajstić information content (AvgIpc) is 2.86. The highest BCUT2D eigenvalue weighted by Gasteiger charge is 2.12. The van der Waals surface area contributed by atoms with Crippen LogP contribution in [0.3, 0.4) is 0 Å². The number of rotatable bonds is 11. The first-order valence-electron chi connectivity index (χ1n) is 11.6. The van der Waals surface area contributed by atoms with E-state index in [1.165, 1.54) is 11.8 Å². The highest BCUT2D eigenvalue weighted by Crippen LogP contribution is 2.27. The monoisotopic (exact) mass is 498 g/mol. The molecule has 2 aromatic rings. The van der Waals surface area contributed by atoms with E-state index in [0.717, 1.165) is 40.5 Å². The van der Waals surface area contributed by atoms with E-state index in [0.29, 0.717) is 24.9 Å². The van der Waals surface area contributed by atoms with E-state index < -0.39 is 0 Å².